The summed E-state index contributed by atoms with van der Waals surface area (Å²) in [5.74, 6) is -0.182. The second kappa shape index (κ2) is 6.82. The summed E-state index contributed by atoms with van der Waals surface area (Å²) in [4.78, 5) is 10.7. The van der Waals surface area contributed by atoms with Crippen molar-refractivity contribution >= 4 is 30.2 Å². The molecule has 0 atom stereocenters. The summed E-state index contributed by atoms with van der Waals surface area (Å²) >= 11 is 10.5. The first-order chi connectivity index (χ1) is 9.60. The van der Waals surface area contributed by atoms with Crippen LogP contribution in [0.25, 0.3) is 11.1 Å². The Labute approximate surface area is 128 Å². The summed E-state index contributed by atoms with van der Waals surface area (Å²) in [6, 6.07) is 13.7. The van der Waals surface area contributed by atoms with Crippen LogP contribution >= 0.6 is 24.2 Å². The van der Waals surface area contributed by atoms with Gasteiger partial charge in [0, 0.05) is 22.8 Å². The Bertz CT molecular complexity index is 626. The lowest BCUT2D eigenvalue weighted by Gasteiger charge is -2.10. The summed E-state index contributed by atoms with van der Waals surface area (Å²) in [6.45, 7) is 0. The number of hydrogen-bond acceptors (Lipinski definition) is 2. The van der Waals surface area contributed by atoms with Gasteiger partial charge in [0.2, 0.25) is 0 Å². The van der Waals surface area contributed by atoms with Gasteiger partial charge in [-0.25, -0.2) is 0 Å². The molecule has 0 aliphatic rings. The Balaban J connectivity index is 2.40. The third-order valence-electron chi connectivity index (χ3n) is 3.05. The molecule has 0 radical (unpaired) electrons. The molecular formula is C16H15ClO2S. The quantitative estimate of drug-likeness (QED) is 0.801. The monoisotopic (exact) mass is 306 g/mol. The van der Waals surface area contributed by atoms with Crippen LogP contribution in [0.4, 0.5) is 0 Å². The molecule has 0 amide bonds. The van der Waals surface area contributed by atoms with Crippen LogP contribution in [0.5, 0.6) is 0 Å². The highest BCUT2D eigenvalue weighted by Crippen LogP contribution is 2.29. The van der Waals surface area contributed by atoms with Gasteiger partial charge in [0.1, 0.15) is 0 Å². The predicted octanol–water partition coefficient (Wildman–Crippen LogP) is 4.45. The van der Waals surface area contributed by atoms with Crippen LogP contribution in [0.3, 0.4) is 0 Å². The van der Waals surface area contributed by atoms with Gasteiger partial charge in [0.15, 0.2) is 0 Å². The smallest absolute Gasteiger partial charge is 0.303 e. The Morgan fingerprint density at radius 3 is 2.50 bits per heavy atom. The summed E-state index contributed by atoms with van der Waals surface area (Å²) < 4.78 is 0. The molecule has 0 fully saturated rings. The summed E-state index contributed by atoms with van der Waals surface area (Å²) in [7, 11) is 0. The van der Waals surface area contributed by atoms with Crippen molar-refractivity contribution in [2.24, 2.45) is 0 Å². The number of thiol groups is 1. The van der Waals surface area contributed by atoms with E-state index in [1.54, 1.807) is 0 Å². The maximum absolute atomic E-state index is 10.7. The standard InChI is InChI=1S/C16H15ClO2S/c17-15-4-2-1-3-14(15)13-8-11(5-6-16(18)19)7-12(9-13)10-20/h1-4,7-9,20H,5-6,10H2,(H,18,19). The lowest BCUT2D eigenvalue weighted by molar-refractivity contribution is -0.136. The molecule has 0 unspecified atom stereocenters. The molecule has 0 saturated carbocycles. The zero-order valence-electron chi connectivity index (χ0n) is 10.8. The van der Waals surface area contributed by atoms with Crippen molar-refractivity contribution in [2.45, 2.75) is 18.6 Å². The van der Waals surface area contributed by atoms with E-state index in [2.05, 4.69) is 12.6 Å². The van der Waals surface area contributed by atoms with E-state index in [1.807, 2.05) is 42.5 Å². The van der Waals surface area contributed by atoms with Crippen LogP contribution in [0.1, 0.15) is 17.5 Å². The van der Waals surface area contributed by atoms with Crippen molar-refractivity contribution in [3.8, 4) is 11.1 Å². The van der Waals surface area contributed by atoms with Crippen LogP contribution in [0.15, 0.2) is 42.5 Å². The molecular weight excluding hydrogens is 292 g/mol. The minimum Gasteiger partial charge on any atom is -0.481 e. The Morgan fingerprint density at radius 1 is 1.15 bits per heavy atom. The van der Waals surface area contributed by atoms with Crippen LogP contribution < -0.4 is 0 Å². The van der Waals surface area contributed by atoms with Crippen LogP contribution in [0, 0.1) is 0 Å². The number of rotatable bonds is 5. The molecule has 0 spiro atoms. The number of carboxylic acid groups (broad SMARTS) is 1. The Morgan fingerprint density at radius 2 is 1.85 bits per heavy atom. The largest absolute Gasteiger partial charge is 0.481 e. The molecule has 104 valence electrons. The highest BCUT2D eigenvalue weighted by Gasteiger charge is 2.07. The van der Waals surface area contributed by atoms with Gasteiger partial charge in [0.05, 0.1) is 0 Å². The van der Waals surface area contributed by atoms with Crippen LogP contribution in [0.2, 0.25) is 5.02 Å². The van der Waals surface area contributed by atoms with Crippen molar-refractivity contribution in [3.05, 3.63) is 58.6 Å². The van der Waals surface area contributed by atoms with Gasteiger partial charge < -0.3 is 5.11 Å². The minimum absolute atomic E-state index is 0.123. The molecule has 1 N–H and O–H groups in total. The second-order valence-corrected chi connectivity index (χ2v) is 5.29. The number of hydrogen-bond donors (Lipinski definition) is 2. The maximum Gasteiger partial charge on any atom is 0.303 e. The average Bonchev–Trinajstić information content (AvgIpc) is 2.45. The van der Waals surface area contributed by atoms with Gasteiger partial charge in [-0.1, -0.05) is 48.0 Å². The van der Waals surface area contributed by atoms with E-state index >= 15 is 0 Å². The molecule has 2 rings (SSSR count). The lowest BCUT2D eigenvalue weighted by Crippen LogP contribution is -1.98. The van der Waals surface area contributed by atoms with Gasteiger partial charge in [-0.05, 0) is 29.2 Å². The van der Waals surface area contributed by atoms with Gasteiger partial charge >= 0.3 is 5.97 Å². The van der Waals surface area contributed by atoms with Crippen molar-refractivity contribution in [1.29, 1.82) is 0 Å². The van der Waals surface area contributed by atoms with Crippen LogP contribution in [-0.2, 0) is 17.0 Å². The number of carbonyl (C=O) groups is 1. The van der Waals surface area contributed by atoms with Crippen molar-refractivity contribution in [1.82, 2.24) is 0 Å². The number of benzene rings is 2. The van der Waals surface area contributed by atoms with E-state index < -0.39 is 5.97 Å². The van der Waals surface area contributed by atoms with E-state index in [-0.39, 0.29) is 6.42 Å². The van der Waals surface area contributed by atoms with Gasteiger partial charge in [-0.15, -0.1) is 0 Å². The zero-order chi connectivity index (χ0) is 14.5. The summed E-state index contributed by atoms with van der Waals surface area (Å²) in [5, 5.41) is 9.48. The number of aryl methyl sites for hydroxylation is 1. The zero-order valence-corrected chi connectivity index (χ0v) is 12.5. The fraction of sp³-hybridized carbons (Fsp3) is 0.188. The Hall–Kier alpha value is -1.45. The molecule has 0 aliphatic carbocycles. The molecule has 0 saturated heterocycles. The van der Waals surface area contributed by atoms with Crippen molar-refractivity contribution in [2.75, 3.05) is 0 Å². The summed E-state index contributed by atoms with van der Waals surface area (Å²) in [6.07, 6.45) is 0.631. The van der Waals surface area contributed by atoms with E-state index in [0.717, 1.165) is 22.3 Å². The second-order valence-electron chi connectivity index (χ2n) is 4.57. The van der Waals surface area contributed by atoms with Gasteiger partial charge in [-0.3, -0.25) is 4.79 Å². The molecule has 2 aromatic rings. The fourth-order valence-corrected chi connectivity index (χ4v) is 2.53. The number of carboxylic acids is 1. The molecule has 20 heavy (non-hydrogen) atoms. The SMILES string of the molecule is O=C(O)CCc1cc(CS)cc(-c2ccccc2Cl)c1. The minimum atomic E-state index is -0.791. The molecule has 0 bridgehead atoms. The molecule has 2 aromatic carbocycles. The highest BCUT2D eigenvalue weighted by atomic mass is 35.5. The lowest BCUT2D eigenvalue weighted by atomic mass is 9.98. The Kier molecular flexibility index (Phi) is 5.10. The number of halogens is 1. The van der Waals surface area contributed by atoms with E-state index in [0.29, 0.717) is 17.2 Å². The van der Waals surface area contributed by atoms with E-state index in [4.69, 9.17) is 16.7 Å². The third kappa shape index (κ3) is 3.78. The van der Waals surface area contributed by atoms with E-state index in [9.17, 15) is 4.79 Å². The fourth-order valence-electron chi connectivity index (χ4n) is 2.10. The summed E-state index contributed by atoms with van der Waals surface area (Å²) in [5.41, 5.74) is 4.01. The third-order valence-corrected chi connectivity index (χ3v) is 3.74. The normalized spacial score (nSPS) is 10.5. The predicted molar refractivity (Wildman–Crippen MR) is 85.5 cm³/mol. The van der Waals surface area contributed by atoms with Crippen molar-refractivity contribution < 1.29 is 9.90 Å². The topological polar surface area (TPSA) is 37.3 Å². The molecule has 2 nitrogen and oxygen atoms in total. The van der Waals surface area contributed by atoms with Crippen molar-refractivity contribution in [3.63, 3.8) is 0 Å². The molecule has 4 heteroatoms. The first kappa shape index (κ1) is 14.9. The molecule has 0 aromatic heterocycles. The maximum atomic E-state index is 10.7. The van der Waals surface area contributed by atoms with Gasteiger partial charge in [-0.2, -0.15) is 12.6 Å². The van der Waals surface area contributed by atoms with Crippen LogP contribution in [-0.4, -0.2) is 11.1 Å². The molecule has 0 heterocycles. The van der Waals surface area contributed by atoms with Gasteiger partial charge in [0.25, 0.3) is 0 Å². The highest BCUT2D eigenvalue weighted by molar-refractivity contribution is 7.79. The average molecular weight is 307 g/mol. The first-order valence-electron chi connectivity index (χ1n) is 6.30. The van der Waals surface area contributed by atoms with E-state index in [1.165, 1.54) is 0 Å². The number of aliphatic carboxylic acids is 1. The first-order valence-corrected chi connectivity index (χ1v) is 7.31. The molecule has 0 aliphatic heterocycles.